The SMILES string of the molecule is Cn1ncc(NC(=O)Cn2ccc3cc(-c4cccc5cccnc45)ccc32)n1.O=C(O)C(F)(F)F. The molecule has 3 heterocycles. The minimum absolute atomic E-state index is 0.148. The maximum Gasteiger partial charge on any atom is 0.490 e. The standard InChI is InChI=1S/C22H18N6O.C2HF3O2/c1-27-24-13-20(26-27)25-21(29)14-28-11-9-17-12-16(7-8-19(17)28)18-6-2-4-15-5-3-10-23-22(15)18;3-2(4,5)1(6)7/h2-13H,14H2,1H3,(H,25,26,29);(H,6,7). The molecule has 0 spiro atoms. The van der Waals surface area contributed by atoms with E-state index in [1.54, 1.807) is 7.05 Å². The third-order valence-corrected chi connectivity index (χ3v) is 5.14. The Morgan fingerprint density at radius 1 is 1.06 bits per heavy atom. The van der Waals surface area contributed by atoms with Crippen molar-refractivity contribution in [2.75, 3.05) is 5.32 Å². The van der Waals surface area contributed by atoms with Gasteiger partial charge in [0.25, 0.3) is 0 Å². The van der Waals surface area contributed by atoms with Gasteiger partial charge in [0.2, 0.25) is 5.91 Å². The Bertz CT molecular complexity index is 1550. The predicted molar refractivity (Wildman–Crippen MR) is 126 cm³/mol. The normalized spacial score (nSPS) is 11.2. The number of carboxylic acid groups (broad SMARTS) is 1. The van der Waals surface area contributed by atoms with E-state index in [1.165, 1.54) is 11.0 Å². The highest BCUT2D eigenvalue weighted by Crippen LogP contribution is 2.30. The van der Waals surface area contributed by atoms with Gasteiger partial charge in [0.15, 0.2) is 5.82 Å². The van der Waals surface area contributed by atoms with Gasteiger partial charge in [-0.1, -0.05) is 30.3 Å². The van der Waals surface area contributed by atoms with E-state index in [9.17, 15) is 18.0 Å². The van der Waals surface area contributed by atoms with Crippen LogP contribution >= 0.6 is 0 Å². The number of halogens is 3. The zero-order valence-electron chi connectivity index (χ0n) is 18.8. The Kier molecular flexibility index (Phi) is 6.68. The smallest absolute Gasteiger partial charge is 0.475 e. The molecule has 0 fully saturated rings. The molecule has 12 heteroatoms. The molecule has 5 rings (SSSR count). The number of carbonyl (C=O) groups is 2. The number of anilines is 1. The van der Waals surface area contributed by atoms with Gasteiger partial charge in [-0.2, -0.15) is 23.1 Å². The molecule has 0 aliphatic carbocycles. The van der Waals surface area contributed by atoms with Crippen molar-refractivity contribution in [2.24, 2.45) is 7.05 Å². The molecule has 0 aliphatic rings. The van der Waals surface area contributed by atoms with Crippen LogP contribution in [0.4, 0.5) is 19.0 Å². The number of carbonyl (C=O) groups excluding carboxylic acids is 1. The van der Waals surface area contributed by atoms with Crippen LogP contribution in [-0.2, 0) is 23.2 Å². The number of para-hydroxylation sites is 1. The summed E-state index contributed by atoms with van der Waals surface area (Å²) in [5.74, 6) is -2.46. The van der Waals surface area contributed by atoms with E-state index < -0.39 is 12.1 Å². The quantitative estimate of drug-likeness (QED) is 0.384. The number of aryl methyl sites for hydroxylation is 1. The molecule has 184 valence electrons. The largest absolute Gasteiger partial charge is 0.490 e. The van der Waals surface area contributed by atoms with Gasteiger partial charge >= 0.3 is 12.1 Å². The number of carboxylic acids is 1. The highest BCUT2D eigenvalue weighted by atomic mass is 19.4. The molecule has 0 unspecified atom stereocenters. The second kappa shape index (κ2) is 9.86. The molecule has 5 aromatic rings. The lowest BCUT2D eigenvalue weighted by atomic mass is 10.0. The molecule has 9 nitrogen and oxygen atoms in total. The van der Waals surface area contributed by atoms with Crippen LogP contribution in [0.1, 0.15) is 0 Å². The summed E-state index contributed by atoms with van der Waals surface area (Å²) in [6, 6.07) is 18.5. The van der Waals surface area contributed by atoms with Crippen molar-refractivity contribution in [3.05, 3.63) is 73.2 Å². The Morgan fingerprint density at radius 3 is 2.50 bits per heavy atom. The van der Waals surface area contributed by atoms with Crippen LogP contribution in [0.3, 0.4) is 0 Å². The molecule has 0 aliphatic heterocycles. The van der Waals surface area contributed by atoms with Crippen molar-refractivity contribution in [1.82, 2.24) is 24.5 Å². The molecular formula is C24H19F3N6O3. The van der Waals surface area contributed by atoms with Crippen LogP contribution < -0.4 is 5.32 Å². The second-order valence-corrected chi connectivity index (χ2v) is 7.67. The van der Waals surface area contributed by atoms with Gasteiger partial charge in [-0.3, -0.25) is 9.78 Å². The number of aromatic nitrogens is 5. The summed E-state index contributed by atoms with van der Waals surface area (Å²) in [5.41, 5.74) is 4.18. The fourth-order valence-electron chi connectivity index (χ4n) is 3.58. The van der Waals surface area contributed by atoms with Crippen molar-refractivity contribution in [2.45, 2.75) is 12.7 Å². The number of benzene rings is 2. The lowest BCUT2D eigenvalue weighted by Crippen LogP contribution is -2.21. The molecule has 0 saturated carbocycles. The van der Waals surface area contributed by atoms with Gasteiger partial charge in [-0.15, -0.1) is 5.10 Å². The van der Waals surface area contributed by atoms with Crippen molar-refractivity contribution >= 4 is 39.5 Å². The van der Waals surface area contributed by atoms with Crippen LogP contribution in [0.2, 0.25) is 0 Å². The summed E-state index contributed by atoms with van der Waals surface area (Å²) in [6.45, 7) is 0.204. The number of fused-ring (bicyclic) bond motifs is 2. The third kappa shape index (κ3) is 5.49. The van der Waals surface area contributed by atoms with E-state index in [4.69, 9.17) is 9.90 Å². The first-order chi connectivity index (χ1) is 17.1. The predicted octanol–water partition coefficient (Wildman–Crippen LogP) is 4.26. The van der Waals surface area contributed by atoms with E-state index >= 15 is 0 Å². The zero-order chi connectivity index (χ0) is 25.9. The van der Waals surface area contributed by atoms with E-state index in [0.717, 1.165) is 32.9 Å². The molecule has 0 atom stereocenters. The summed E-state index contributed by atoms with van der Waals surface area (Å²) in [6.07, 6.45) is 0.179. The van der Waals surface area contributed by atoms with E-state index in [1.807, 2.05) is 41.2 Å². The molecular weight excluding hydrogens is 477 g/mol. The van der Waals surface area contributed by atoms with Gasteiger partial charge in [0.1, 0.15) is 6.54 Å². The molecule has 2 aromatic carbocycles. The number of aliphatic carboxylic acids is 1. The fraction of sp³-hybridized carbons (Fsp3) is 0.125. The average Bonchev–Trinajstić information content (AvgIpc) is 3.43. The monoisotopic (exact) mass is 496 g/mol. The molecule has 2 N–H and O–H groups in total. The van der Waals surface area contributed by atoms with Gasteiger partial charge in [-0.25, -0.2) is 4.79 Å². The van der Waals surface area contributed by atoms with Crippen LogP contribution in [0, 0.1) is 0 Å². The average molecular weight is 496 g/mol. The van der Waals surface area contributed by atoms with Gasteiger partial charge in [0.05, 0.1) is 11.7 Å². The first-order valence-electron chi connectivity index (χ1n) is 10.5. The number of rotatable bonds is 4. The number of alkyl halides is 3. The summed E-state index contributed by atoms with van der Waals surface area (Å²) in [7, 11) is 1.71. The fourth-order valence-corrected chi connectivity index (χ4v) is 3.58. The van der Waals surface area contributed by atoms with E-state index in [2.05, 4.69) is 50.8 Å². The highest BCUT2D eigenvalue weighted by Gasteiger charge is 2.38. The van der Waals surface area contributed by atoms with Crippen LogP contribution in [0.15, 0.2) is 73.2 Å². The number of amides is 1. The van der Waals surface area contributed by atoms with Crippen molar-refractivity contribution in [3.8, 4) is 11.1 Å². The first kappa shape index (κ1) is 24.4. The van der Waals surface area contributed by atoms with Crippen molar-refractivity contribution < 1.29 is 27.9 Å². The van der Waals surface area contributed by atoms with Gasteiger partial charge in [-0.05, 0) is 29.8 Å². The third-order valence-electron chi connectivity index (χ3n) is 5.14. The second-order valence-electron chi connectivity index (χ2n) is 7.67. The number of hydrogen-bond donors (Lipinski definition) is 2. The molecule has 0 saturated heterocycles. The lowest BCUT2D eigenvalue weighted by molar-refractivity contribution is -0.192. The molecule has 0 radical (unpaired) electrons. The summed E-state index contributed by atoms with van der Waals surface area (Å²) in [4.78, 5) is 27.2. The van der Waals surface area contributed by atoms with Gasteiger partial charge in [0, 0.05) is 41.3 Å². The zero-order valence-corrected chi connectivity index (χ0v) is 18.8. The number of nitrogens with zero attached hydrogens (tertiary/aromatic N) is 5. The summed E-state index contributed by atoms with van der Waals surface area (Å²) >= 11 is 0. The van der Waals surface area contributed by atoms with Crippen molar-refractivity contribution in [3.63, 3.8) is 0 Å². The highest BCUT2D eigenvalue weighted by molar-refractivity contribution is 5.97. The van der Waals surface area contributed by atoms with Gasteiger partial charge < -0.3 is 15.0 Å². The van der Waals surface area contributed by atoms with Crippen molar-refractivity contribution in [1.29, 1.82) is 0 Å². The number of pyridine rings is 1. The first-order valence-corrected chi connectivity index (χ1v) is 10.5. The summed E-state index contributed by atoms with van der Waals surface area (Å²) in [5, 5.41) is 20.1. The van der Waals surface area contributed by atoms with Crippen LogP contribution in [-0.4, -0.2) is 47.7 Å². The minimum Gasteiger partial charge on any atom is -0.475 e. The number of hydrogen-bond acceptors (Lipinski definition) is 5. The Morgan fingerprint density at radius 2 is 1.81 bits per heavy atom. The van der Waals surface area contributed by atoms with Crippen LogP contribution in [0.5, 0.6) is 0 Å². The molecule has 1 amide bonds. The Labute approximate surface area is 201 Å². The Hall–Kier alpha value is -4.74. The minimum atomic E-state index is -5.08. The molecule has 3 aromatic heterocycles. The van der Waals surface area contributed by atoms with Crippen LogP contribution in [0.25, 0.3) is 32.9 Å². The van der Waals surface area contributed by atoms with E-state index in [0.29, 0.717) is 5.82 Å². The maximum absolute atomic E-state index is 12.4. The number of nitrogens with one attached hydrogen (secondary N) is 1. The lowest BCUT2D eigenvalue weighted by Gasteiger charge is -2.08. The van der Waals surface area contributed by atoms with E-state index in [-0.39, 0.29) is 12.5 Å². The molecule has 0 bridgehead atoms. The summed E-state index contributed by atoms with van der Waals surface area (Å²) < 4.78 is 33.7. The Balaban J connectivity index is 0.000000384. The topological polar surface area (TPSA) is 115 Å². The molecule has 36 heavy (non-hydrogen) atoms. The maximum atomic E-state index is 12.4.